The van der Waals surface area contributed by atoms with Crippen molar-refractivity contribution >= 4 is 35.1 Å². The summed E-state index contributed by atoms with van der Waals surface area (Å²) in [6, 6.07) is 26.5. The summed E-state index contributed by atoms with van der Waals surface area (Å²) in [5.74, 6) is 0. The molecule has 6 heteroatoms. The fraction of sp³-hybridized carbons (Fsp3) is 0.296. The predicted molar refractivity (Wildman–Crippen MR) is 139 cm³/mol. The number of piperidine rings is 1. The van der Waals surface area contributed by atoms with Gasteiger partial charge in [-0.3, -0.25) is 4.90 Å². The molecular formula is C27H30ClN3OS. The number of nitrogens with one attached hydrogen (secondary N) is 1. The fourth-order valence-electron chi connectivity index (χ4n) is 4.25. The minimum atomic E-state index is -0.0524. The zero-order valence-corrected chi connectivity index (χ0v) is 20.5. The molecule has 3 aromatic rings. The number of rotatable bonds is 7. The monoisotopic (exact) mass is 479 g/mol. The van der Waals surface area contributed by atoms with Gasteiger partial charge in [0.2, 0.25) is 0 Å². The molecule has 0 bridgehead atoms. The first-order chi connectivity index (χ1) is 16.1. The van der Waals surface area contributed by atoms with Crippen LogP contribution in [0.5, 0.6) is 0 Å². The number of nitrogens with zero attached hydrogens (tertiary/aromatic N) is 2. The van der Waals surface area contributed by atoms with Crippen LogP contribution in [0.4, 0.5) is 10.5 Å². The van der Waals surface area contributed by atoms with Crippen LogP contribution in [-0.4, -0.2) is 41.2 Å². The van der Waals surface area contributed by atoms with Gasteiger partial charge in [0, 0.05) is 47.8 Å². The van der Waals surface area contributed by atoms with Gasteiger partial charge in [-0.1, -0.05) is 54.1 Å². The number of urea groups is 1. The average Bonchev–Trinajstić information content (AvgIpc) is 2.85. The number of likely N-dealkylation sites (tertiary alicyclic amines) is 1. The molecule has 0 radical (unpaired) electrons. The summed E-state index contributed by atoms with van der Waals surface area (Å²) in [4.78, 5) is 19.0. The van der Waals surface area contributed by atoms with Crippen molar-refractivity contribution in [1.29, 1.82) is 0 Å². The topological polar surface area (TPSA) is 35.6 Å². The Balaban J connectivity index is 1.44. The number of carbonyl (C=O) groups is 1. The van der Waals surface area contributed by atoms with Gasteiger partial charge in [-0.25, -0.2) is 4.79 Å². The molecule has 1 N–H and O–H groups in total. The molecule has 2 amide bonds. The van der Waals surface area contributed by atoms with E-state index in [-0.39, 0.29) is 12.1 Å². The van der Waals surface area contributed by atoms with Gasteiger partial charge >= 0.3 is 6.03 Å². The highest BCUT2D eigenvalue weighted by molar-refractivity contribution is 7.98. The summed E-state index contributed by atoms with van der Waals surface area (Å²) in [6.45, 7) is 3.48. The molecule has 4 rings (SSSR count). The first kappa shape index (κ1) is 23.7. The number of carbonyl (C=O) groups excluding carboxylic acids is 1. The molecule has 0 aliphatic carbocycles. The largest absolute Gasteiger partial charge is 0.322 e. The van der Waals surface area contributed by atoms with E-state index in [1.165, 1.54) is 10.5 Å². The molecule has 1 saturated heterocycles. The molecule has 0 atom stereocenters. The van der Waals surface area contributed by atoms with Gasteiger partial charge in [0.25, 0.3) is 0 Å². The summed E-state index contributed by atoms with van der Waals surface area (Å²) >= 11 is 7.76. The lowest BCUT2D eigenvalue weighted by Gasteiger charge is -2.38. The predicted octanol–water partition coefficient (Wildman–Crippen LogP) is 6.76. The van der Waals surface area contributed by atoms with Crippen LogP contribution >= 0.6 is 23.4 Å². The first-order valence-electron chi connectivity index (χ1n) is 11.3. The second-order valence-electron chi connectivity index (χ2n) is 8.41. The lowest BCUT2D eigenvalue weighted by molar-refractivity contribution is 0.120. The SMILES string of the molecule is CSc1ccc(NC(=O)N(Cc2ccc(Cl)cc2)C2CCN(Cc3ccccc3)CC2)cc1. The molecule has 0 unspecified atom stereocenters. The van der Waals surface area contributed by atoms with Crippen LogP contribution < -0.4 is 5.32 Å². The van der Waals surface area contributed by atoms with E-state index in [4.69, 9.17) is 11.6 Å². The summed E-state index contributed by atoms with van der Waals surface area (Å²) < 4.78 is 0. The highest BCUT2D eigenvalue weighted by Crippen LogP contribution is 2.23. The average molecular weight is 480 g/mol. The number of amides is 2. The molecule has 1 heterocycles. The van der Waals surface area contributed by atoms with Gasteiger partial charge in [-0.05, 0) is 66.6 Å². The maximum Gasteiger partial charge on any atom is 0.322 e. The highest BCUT2D eigenvalue weighted by Gasteiger charge is 2.28. The normalized spacial score (nSPS) is 14.7. The maximum atomic E-state index is 13.4. The van der Waals surface area contributed by atoms with Gasteiger partial charge in [0.1, 0.15) is 0 Å². The van der Waals surface area contributed by atoms with Crippen LogP contribution in [0.2, 0.25) is 5.02 Å². The van der Waals surface area contributed by atoms with E-state index < -0.39 is 0 Å². The van der Waals surface area contributed by atoms with Crippen LogP contribution in [0.1, 0.15) is 24.0 Å². The summed E-state index contributed by atoms with van der Waals surface area (Å²) in [5, 5.41) is 3.82. The van der Waals surface area contributed by atoms with E-state index in [1.807, 2.05) is 59.7 Å². The molecule has 172 valence electrons. The molecule has 0 spiro atoms. The second-order valence-corrected chi connectivity index (χ2v) is 9.72. The van der Waals surface area contributed by atoms with Crippen LogP contribution in [0.15, 0.2) is 83.8 Å². The highest BCUT2D eigenvalue weighted by atomic mass is 35.5. The summed E-state index contributed by atoms with van der Waals surface area (Å²) in [7, 11) is 0. The number of hydrogen-bond acceptors (Lipinski definition) is 3. The van der Waals surface area contributed by atoms with Crippen LogP contribution in [0.25, 0.3) is 0 Å². The number of thioether (sulfide) groups is 1. The van der Waals surface area contributed by atoms with Gasteiger partial charge < -0.3 is 10.2 Å². The van der Waals surface area contributed by atoms with Crippen LogP contribution in [-0.2, 0) is 13.1 Å². The van der Waals surface area contributed by atoms with Gasteiger partial charge in [-0.15, -0.1) is 11.8 Å². The lowest BCUT2D eigenvalue weighted by Crippen LogP contribution is -2.48. The number of anilines is 1. The van der Waals surface area contributed by atoms with Crippen LogP contribution in [0.3, 0.4) is 0 Å². The molecule has 1 fully saturated rings. The third kappa shape index (κ3) is 6.76. The Labute approximate surface area is 205 Å². The Bertz CT molecular complexity index is 1020. The molecule has 4 nitrogen and oxygen atoms in total. The third-order valence-corrected chi connectivity index (χ3v) is 7.11. The first-order valence-corrected chi connectivity index (χ1v) is 12.9. The summed E-state index contributed by atoms with van der Waals surface area (Å²) in [5.41, 5.74) is 3.24. The minimum absolute atomic E-state index is 0.0524. The number of halogens is 1. The van der Waals surface area contributed by atoms with E-state index in [0.717, 1.165) is 43.7 Å². The van der Waals surface area contributed by atoms with E-state index in [1.54, 1.807) is 11.8 Å². The van der Waals surface area contributed by atoms with Crippen molar-refractivity contribution in [1.82, 2.24) is 9.80 Å². The fourth-order valence-corrected chi connectivity index (χ4v) is 4.79. The maximum absolute atomic E-state index is 13.4. The van der Waals surface area contributed by atoms with Gasteiger partial charge in [0.05, 0.1) is 0 Å². The minimum Gasteiger partial charge on any atom is -0.317 e. The van der Waals surface area contributed by atoms with Crippen LogP contribution in [0, 0.1) is 0 Å². The van der Waals surface area contributed by atoms with E-state index in [9.17, 15) is 4.79 Å². The smallest absolute Gasteiger partial charge is 0.317 e. The molecule has 33 heavy (non-hydrogen) atoms. The van der Waals surface area contributed by atoms with Crippen molar-refractivity contribution in [3.05, 3.63) is 95.0 Å². The van der Waals surface area contributed by atoms with E-state index in [2.05, 4.69) is 40.5 Å². The third-order valence-electron chi connectivity index (χ3n) is 6.12. The molecule has 1 aliphatic heterocycles. The van der Waals surface area contributed by atoms with E-state index in [0.29, 0.717) is 11.6 Å². The zero-order valence-electron chi connectivity index (χ0n) is 18.9. The van der Waals surface area contributed by atoms with Crippen molar-refractivity contribution in [2.24, 2.45) is 0 Å². The molecule has 3 aromatic carbocycles. The van der Waals surface area contributed by atoms with Crippen molar-refractivity contribution in [2.75, 3.05) is 24.7 Å². The second kappa shape index (κ2) is 11.6. The van der Waals surface area contributed by atoms with Crippen molar-refractivity contribution in [2.45, 2.75) is 36.9 Å². The van der Waals surface area contributed by atoms with Crippen molar-refractivity contribution in [3.8, 4) is 0 Å². The molecule has 0 aromatic heterocycles. The van der Waals surface area contributed by atoms with Crippen molar-refractivity contribution in [3.63, 3.8) is 0 Å². The van der Waals surface area contributed by atoms with Gasteiger partial charge in [-0.2, -0.15) is 0 Å². The van der Waals surface area contributed by atoms with Crippen molar-refractivity contribution < 1.29 is 4.79 Å². The quantitative estimate of drug-likeness (QED) is 0.380. The Kier molecular flexibility index (Phi) is 8.32. The number of benzene rings is 3. The van der Waals surface area contributed by atoms with E-state index >= 15 is 0 Å². The lowest BCUT2D eigenvalue weighted by atomic mass is 10.0. The molecular weight excluding hydrogens is 450 g/mol. The Morgan fingerprint density at radius 3 is 2.27 bits per heavy atom. The molecule has 0 saturated carbocycles. The Morgan fingerprint density at radius 2 is 1.64 bits per heavy atom. The Hall–Kier alpha value is -2.47. The number of hydrogen-bond donors (Lipinski definition) is 1. The molecule has 1 aliphatic rings. The summed E-state index contributed by atoms with van der Waals surface area (Å²) in [6.07, 6.45) is 3.96. The Morgan fingerprint density at radius 1 is 0.970 bits per heavy atom. The standard InChI is InChI=1S/C27H30ClN3OS/c1-33-26-13-11-24(12-14-26)29-27(32)31(20-22-7-9-23(28)10-8-22)25-15-17-30(18-16-25)19-21-5-3-2-4-6-21/h2-14,25H,15-20H2,1H3,(H,29,32). The zero-order chi connectivity index (χ0) is 23.0. The van der Waals surface area contributed by atoms with Gasteiger partial charge in [0.15, 0.2) is 0 Å².